The predicted octanol–water partition coefficient (Wildman–Crippen LogP) is 3.59. The highest BCUT2D eigenvalue weighted by atomic mass is 16.2. The fraction of sp³-hybridized carbons (Fsp3) is 0.870. The molecule has 8 aliphatic carbocycles. The number of hydrogen-bond donors (Lipinski definition) is 0. The number of hydrogen-bond acceptors (Lipinski definition) is 2. The third kappa shape index (κ3) is 2.00. The molecule has 9 aliphatic rings. The van der Waals surface area contributed by atoms with Crippen LogP contribution in [-0.4, -0.2) is 32.7 Å². The van der Waals surface area contributed by atoms with Gasteiger partial charge in [-0.2, -0.15) is 0 Å². The van der Waals surface area contributed by atoms with Crippen LogP contribution in [0.25, 0.3) is 0 Å². The Balaban J connectivity index is 1.22. The summed E-state index contributed by atoms with van der Waals surface area (Å²) in [4.78, 5) is 30.1. The second-order valence-electron chi connectivity index (χ2n) is 11.7. The van der Waals surface area contributed by atoms with Crippen LogP contribution in [0.4, 0.5) is 0 Å². The molecule has 0 spiro atoms. The Kier molecular flexibility index (Phi) is 2.88. The molecule has 1 heterocycles. The van der Waals surface area contributed by atoms with Crippen molar-refractivity contribution in [1.29, 1.82) is 0 Å². The van der Waals surface area contributed by atoms with Crippen molar-refractivity contribution in [3.05, 3.63) is 6.67 Å². The zero-order valence-corrected chi connectivity index (χ0v) is 16.2. The van der Waals surface area contributed by atoms with E-state index in [-0.39, 0.29) is 22.9 Å². The molecule has 4 nitrogen and oxygen atoms in total. The van der Waals surface area contributed by atoms with E-state index in [1.165, 1.54) is 38.5 Å². The molecule has 8 saturated carbocycles. The van der Waals surface area contributed by atoms with Crippen molar-refractivity contribution in [2.24, 2.45) is 35.5 Å². The number of nitrogens with zero attached hydrogens (tertiary/aromatic N) is 2. The maximum Gasteiger partial charge on any atom is 0.314 e. The van der Waals surface area contributed by atoms with E-state index in [4.69, 9.17) is 0 Å². The molecule has 0 aromatic carbocycles. The minimum Gasteiger partial charge on any atom is -0.298 e. The highest BCUT2D eigenvalue weighted by Gasteiger charge is 2.63. The number of amides is 2. The monoisotopic (exact) mass is 366 g/mol. The van der Waals surface area contributed by atoms with Gasteiger partial charge in [-0.25, -0.2) is 0 Å². The van der Waals surface area contributed by atoms with Crippen molar-refractivity contribution in [1.82, 2.24) is 9.80 Å². The van der Waals surface area contributed by atoms with Crippen LogP contribution in [0.5, 0.6) is 0 Å². The summed E-state index contributed by atoms with van der Waals surface area (Å²) >= 11 is 0. The van der Waals surface area contributed by atoms with Crippen LogP contribution in [0.15, 0.2) is 0 Å². The van der Waals surface area contributed by atoms with Gasteiger partial charge in [-0.1, -0.05) is 0 Å². The van der Waals surface area contributed by atoms with E-state index in [1.54, 1.807) is 0 Å². The Labute approximate surface area is 162 Å². The molecule has 9 rings (SSSR count). The van der Waals surface area contributed by atoms with E-state index in [0.717, 1.165) is 74.0 Å². The van der Waals surface area contributed by atoms with E-state index in [2.05, 4.69) is 6.67 Å². The predicted molar refractivity (Wildman–Crippen MR) is 98.7 cm³/mol. The summed E-state index contributed by atoms with van der Waals surface area (Å²) in [6.07, 6.45) is 14.8. The van der Waals surface area contributed by atoms with Crippen molar-refractivity contribution in [2.75, 3.05) is 0 Å². The Bertz CT molecular complexity index is 597. The van der Waals surface area contributed by atoms with Crippen LogP contribution in [0.2, 0.25) is 0 Å². The van der Waals surface area contributed by atoms with Gasteiger partial charge in [0.25, 0.3) is 0 Å². The molecule has 8 bridgehead atoms. The summed E-state index contributed by atoms with van der Waals surface area (Å²) in [5, 5.41) is 0. The lowest BCUT2D eigenvalue weighted by Gasteiger charge is -2.60. The van der Waals surface area contributed by atoms with Crippen LogP contribution in [-0.2, 0) is 9.59 Å². The molecule has 4 heteroatoms. The Hall–Kier alpha value is -1.06. The van der Waals surface area contributed by atoms with E-state index in [1.807, 2.05) is 9.80 Å². The zero-order valence-electron chi connectivity index (χ0n) is 16.2. The molecular weight excluding hydrogens is 336 g/mol. The van der Waals surface area contributed by atoms with Gasteiger partial charge in [0.1, 0.15) is 0 Å². The number of rotatable bonds is 2. The molecule has 1 aliphatic heterocycles. The largest absolute Gasteiger partial charge is 0.314 e. The first-order chi connectivity index (χ1) is 13.0. The van der Waals surface area contributed by atoms with Crippen LogP contribution in [0.3, 0.4) is 0 Å². The molecule has 0 aromatic heterocycles. The van der Waals surface area contributed by atoms with E-state index < -0.39 is 0 Å². The van der Waals surface area contributed by atoms with Gasteiger partial charge in [-0.05, 0) is 113 Å². The van der Waals surface area contributed by atoms with Gasteiger partial charge in [0.15, 0.2) is 0 Å². The molecular formula is C23H30N2O2. The highest BCUT2D eigenvalue weighted by molar-refractivity contribution is 6.37. The summed E-state index contributed by atoms with van der Waals surface area (Å²) in [6, 6.07) is 0. The third-order valence-electron chi connectivity index (χ3n) is 9.75. The maximum absolute atomic E-state index is 13.2. The zero-order chi connectivity index (χ0) is 18.0. The van der Waals surface area contributed by atoms with Gasteiger partial charge in [-0.15, -0.1) is 0 Å². The maximum atomic E-state index is 13.2. The lowest BCUT2D eigenvalue weighted by Crippen LogP contribution is -2.61. The van der Waals surface area contributed by atoms with Crippen molar-refractivity contribution in [3.63, 3.8) is 0 Å². The standard InChI is InChI=1S/C23H30N2O2/c26-20-21(27)25(23-10-17-4-18(11-23)6-19(5-17)12-23)13-24(20)22-7-14-1-15(8-22)3-16(2-14)9-22/h14-19H,1-12H2. The van der Waals surface area contributed by atoms with Crippen molar-refractivity contribution >= 4 is 11.8 Å². The molecule has 2 radical (unpaired) electrons. The normalized spacial score (nSPS) is 55.3. The van der Waals surface area contributed by atoms with E-state index in [9.17, 15) is 9.59 Å². The molecule has 0 N–H and O–H groups in total. The van der Waals surface area contributed by atoms with Gasteiger partial charge in [-0.3, -0.25) is 19.4 Å². The van der Waals surface area contributed by atoms with Gasteiger partial charge in [0, 0.05) is 11.1 Å². The highest BCUT2D eigenvalue weighted by Crippen LogP contribution is 2.61. The van der Waals surface area contributed by atoms with Crippen LogP contribution >= 0.6 is 0 Å². The molecule has 27 heavy (non-hydrogen) atoms. The van der Waals surface area contributed by atoms with Crippen LogP contribution in [0.1, 0.15) is 77.0 Å². The Morgan fingerprint density at radius 1 is 0.556 bits per heavy atom. The summed E-state index contributed by atoms with van der Waals surface area (Å²) in [5.74, 6) is 4.12. The minimum absolute atomic E-state index is 0.0848. The van der Waals surface area contributed by atoms with Gasteiger partial charge < -0.3 is 0 Å². The Morgan fingerprint density at radius 3 is 1.07 bits per heavy atom. The minimum atomic E-state index is -0.257. The second-order valence-corrected chi connectivity index (χ2v) is 11.7. The van der Waals surface area contributed by atoms with Gasteiger partial charge in [0.05, 0.1) is 0 Å². The molecule has 0 unspecified atom stereocenters. The van der Waals surface area contributed by atoms with Crippen molar-refractivity contribution in [3.8, 4) is 0 Å². The smallest absolute Gasteiger partial charge is 0.298 e. The van der Waals surface area contributed by atoms with Gasteiger partial charge >= 0.3 is 11.8 Å². The molecule has 144 valence electrons. The van der Waals surface area contributed by atoms with Crippen molar-refractivity contribution in [2.45, 2.75) is 88.1 Å². The average Bonchev–Trinajstić information content (AvgIpc) is 2.89. The first-order valence-corrected chi connectivity index (χ1v) is 11.5. The fourth-order valence-corrected chi connectivity index (χ4v) is 9.70. The molecule has 0 atom stereocenters. The topological polar surface area (TPSA) is 40.6 Å². The van der Waals surface area contributed by atoms with Crippen LogP contribution < -0.4 is 0 Å². The molecule has 9 fully saturated rings. The first-order valence-electron chi connectivity index (χ1n) is 11.5. The summed E-state index contributed by atoms with van der Waals surface area (Å²) in [5.41, 5.74) is -0.170. The van der Waals surface area contributed by atoms with E-state index >= 15 is 0 Å². The summed E-state index contributed by atoms with van der Waals surface area (Å²) in [7, 11) is 0. The molecule has 2 amide bonds. The summed E-state index contributed by atoms with van der Waals surface area (Å²) < 4.78 is 0. The van der Waals surface area contributed by atoms with Crippen molar-refractivity contribution < 1.29 is 9.59 Å². The summed E-state index contributed by atoms with van der Waals surface area (Å²) in [6.45, 7) is 3.47. The van der Waals surface area contributed by atoms with Crippen LogP contribution in [0, 0.1) is 42.2 Å². The molecule has 1 saturated heterocycles. The second kappa shape index (κ2) is 4.91. The first kappa shape index (κ1) is 15.8. The quantitative estimate of drug-likeness (QED) is 0.701. The lowest BCUT2D eigenvalue weighted by molar-refractivity contribution is -0.153. The fourth-order valence-electron chi connectivity index (χ4n) is 9.70. The Morgan fingerprint density at radius 2 is 0.815 bits per heavy atom. The third-order valence-corrected chi connectivity index (χ3v) is 9.75. The number of carbonyl (C=O) groups is 2. The average molecular weight is 367 g/mol. The van der Waals surface area contributed by atoms with E-state index in [0.29, 0.717) is 0 Å². The van der Waals surface area contributed by atoms with Gasteiger partial charge in [0.2, 0.25) is 6.67 Å². The molecule has 0 aromatic rings. The number of carbonyl (C=O) groups excluding carboxylic acids is 2. The lowest BCUT2D eigenvalue weighted by atomic mass is 9.52. The SMILES string of the molecule is O=C1C(=O)N(C23CC4CC(CC(C4)C2)C3)[C]N1C12CC3CC(CC(C3)C1)C2.